The molecule has 0 spiro atoms. The van der Waals surface area contributed by atoms with Crippen LogP contribution in [0.15, 0.2) is 48.7 Å². The Balaban J connectivity index is 1.92. The number of pyridine rings is 1. The Bertz CT molecular complexity index is 904. The van der Waals surface area contributed by atoms with E-state index >= 15 is 0 Å². The summed E-state index contributed by atoms with van der Waals surface area (Å²) < 4.78 is 0. The molecule has 7 nitrogen and oxygen atoms in total. The highest BCUT2D eigenvalue weighted by molar-refractivity contribution is 6.29. The number of aliphatic hydroxyl groups excluding tert-OH is 1. The molecular formula is C19H21ClN6O. The monoisotopic (exact) mass is 384 g/mol. The summed E-state index contributed by atoms with van der Waals surface area (Å²) in [7, 11) is 0. The minimum Gasteiger partial charge on any atom is -0.396 e. The third kappa shape index (κ3) is 5.35. The largest absolute Gasteiger partial charge is 0.396 e. The molecule has 0 amide bonds. The summed E-state index contributed by atoms with van der Waals surface area (Å²) in [4.78, 5) is 17.4. The van der Waals surface area contributed by atoms with Gasteiger partial charge in [-0.15, -0.1) is 0 Å². The topological polar surface area (TPSA) is 95.8 Å². The highest BCUT2D eigenvalue weighted by Gasteiger charge is 2.17. The van der Waals surface area contributed by atoms with Gasteiger partial charge in [-0.3, -0.25) is 0 Å². The van der Waals surface area contributed by atoms with Gasteiger partial charge in [0.2, 0.25) is 11.9 Å². The van der Waals surface area contributed by atoms with E-state index < -0.39 is 0 Å². The summed E-state index contributed by atoms with van der Waals surface area (Å²) in [6, 6.07) is 13.1. The van der Waals surface area contributed by atoms with E-state index in [4.69, 9.17) is 11.6 Å². The Morgan fingerprint density at radius 3 is 2.48 bits per heavy atom. The number of nitrogens with one attached hydrogen (secondary N) is 2. The van der Waals surface area contributed by atoms with Gasteiger partial charge in [-0.1, -0.05) is 55.8 Å². The number of benzene rings is 1. The van der Waals surface area contributed by atoms with Crippen molar-refractivity contribution in [3.63, 3.8) is 0 Å². The average molecular weight is 385 g/mol. The van der Waals surface area contributed by atoms with Crippen molar-refractivity contribution < 1.29 is 5.11 Å². The molecule has 0 fully saturated rings. The molecule has 0 bridgehead atoms. The lowest BCUT2D eigenvalue weighted by Crippen LogP contribution is -2.27. The highest BCUT2D eigenvalue weighted by Crippen LogP contribution is 2.22. The zero-order chi connectivity index (χ0) is 19.3. The standard InChI is InChI=1S/C19H21ClN6O/c1-19(2,12-27)11-22-17-24-16(13-6-4-3-5-7-13)25-18(26-17)23-14-8-9-21-15(20)10-14/h3-10,27H,11-12H2,1-2H3,(H2,21,22,23,24,25,26). The molecule has 0 unspecified atom stereocenters. The van der Waals surface area contributed by atoms with E-state index in [9.17, 15) is 5.11 Å². The molecule has 2 heterocycles. The van der Waals surface area contributed by atoms with Gasteiger partial charge in [0, 0.05) is 36.0 Å². The van der Waals surface area contributed by atoms with Gasteiger partial charge in [0.25, 0.3) is 0 Å². The molecule has 1 aromatic carbocycles. The minimum atomic E-state index is -0.300. The van der Waals surface area contributed by atoms with E-state index in [1.165, 1.54) is 0 Å². The molecule has 0 aliphatic rings. The molecule has 0 atom stereocenters. The Morgan fingerprint density at radius 2 is 1.78 bits per heavy atom. The maximum atomic E-state index is 9.46. The van der Waals surface area contributed by atoms with Gasteiger partial charge in [-0.05, 0) is 12.1 Å². The third-order valence-electron chi connectivity index (χ3n) is 3.80. The lowest BCUT2D eigenvalue weighted by molar-refractivity contribution is 0.170. The number of rotatable bonds is 7. The van der Waals surface area contributed by atoms with Gasteiger partial charge < -0.3 is 15.7 Å². The van der Waals surface area contributed by atoms with E-state index in [0.717, 1.165) is 11.3 Å². The maximum absolute atomic E-state index is 9.46. The Kier molecular flexibility index (Phi) is 5.83. The van der Waals surface area contributed by atoms with Crippen molar-refractivity contribution in [3.8, 4) is 11.4 Å². The van der Waals surface area contributed by atoms with Gasteiger partial charge >= 0.3 is 0 Å². The van der Waals surface area contributed by atoms with E-state index in [2.05, 4.69) is 30.6 Å². The smallest absolute Gasteiger partial charge is 0.232 e. The van der Waals surface area contributed by atoms with Crippen LogP contribution in [-0.2, 0) is 0 Å². The number of aromatic nitrogens is 4. The summed E-state index contributed by atoms with van der Waals surface area (Å²) >= 11 is 5.95. The van der Waals surface area contributed by atoms with Gasteiger partial charge in [-0.2, -0.15) is 15.0 Å². The summed E-state index contributed by atoms with van der Waals surface area (Å²) in [5.74, 6) is 1.35. The Hall–Kier alpha value is -2.77. The van der Waals surface area contributed by atoms with Crippen LogP contribution in [-0.4, -0.2) is 38.2 Å². The number of nitrogens with zero attached hydrogens (tertiary/aromatic N) is 4. The van der Waals surface area contributed by atoms with E-state index in [1.54, 1.807) is 18.3 Å². The first kappa shape index (κ1) is 19.0. The van der Waals surface area contributed by atoms with Gasteiger partial charge in [0.15, 0.2) is 5.82 Å². The van der Waals surface area contributed by atoms with Crippen molar-refractivity contribution in [2.45, 2.75) is 13.8 Å². The molecule has 0 radical (unpaired) electrons. The second kappa shape index (κ2) is 8.28. The highest BCUT2D eigenvalue weighted by atomic mass is 35.5. The molecule has 8 heteroatoms. The summed E-state index contributed by atoms with van der Waals surface area (Å²) in [6.07, 6.45) is 1.60. The predicted molar refractivity (Wildman–Crippen MR) is 107 cm³/mol. The molecule has 3 N–H and O–H groups in total. The normalized spacial score (nSPS) is 11.3. The second-order valence-corrected chi connectivity index (χ2v) is 7.23. The number of halogens is 1. The number of hydrogen-bond acceptors (Lipinski definition) is 7. The lowest BCUT2D eigenvalue weighted by atomic mass is 9.95. The molecule has 3 rings (SSSR count). The molecule has 0 saturated carbocycles. The molecule has 27 heavy (non-hydrogen) atoms. The van der Waals surface area contributed by atoms with Crippen LogP contribution in [0.5, 0.6) is 0 Å². The van der Waals surface area contributed by atoms with Crippen molar-refractivity contribution in [2.24, 2.45) is 5.41 Å². The third-order valence-corrected chi connectivity index (χ3v) is 4.01. The van der Waals surface area contributed by atoms with Crippen molar-refractivity contribution >= 4 is 29.2 Å². The predicted octanol–water partition coefficient (Wildman–Crippen LogP) is 3.76. The Morgan fingerprint density at radius 1 is 1.04 bits per heavy atom. The molecule has 0 saturated heterocycles. The van der Waals surface area contributed by atoms with E-state index in [0.29, 0.717) is 29.4 Å². The summed E-state index contributed by atoms with van der Waals surface area (Å²) in [6.45, 7) is 4.48. The van der Waals surface area contributed by atoms with Crippen LogP contribution in [0.2, 0.25) is 5.15 Å². The van der Waals surface area contributed by atoms with Crippen LogP contribution in [0.1, 0.15) is 13.8 Å². The molecule has 0 aliphatic heterocycles. The maximum Gasteiger partial charge on any atom is 0.232 e. The lowest BCUT2D eigenvalue weighted by Gasteiger charge is -2.22. The van der Waals surface area contributed by atoms with Crippen LogP contribution < -0.4 is 10.6 Å². The van der Waals surface area contributed by atoms with Crippen LogP contribution in [0.4, 0.5) is 17.6 Å². The first-order valence-corrected chi connectivity index (χ1v) is 8.88. The first-order chi connectivity index (χ1) is 12.9. The quantitative estimate of drug-likeness (QED) is 0.533. The average Bonchev–Trinajstić information content (AvgIpc) is 2.67. The molecule has 3 aromatic rings. The fourth-order valence-electron chi connectivity index (χ4n) is 2.21. The zero-order valence-electron chi connectivity index (χ0n) is 15.1. The number of anilines is 3. The molecule has 0 aliphatic carbocycles. The molecular weight excluding hydrogens is 364 g/mol. The van der Waals surface area contributed by atoms with E-state index in [-0.39, 0.29) is 12.0 Å². The van der Waals surface area contributed by atoms with Crippen LogP contribution in [0, 0.1) is 5.41 Å². The van der Waals surface area contributed by atoms with Crippen LogP contribution in [0.25, 0.3) is 11.4 Å². The van der Waals surface area contributed by atoms with Crippen molar-refractivity contribution in [1.82, 2.24) is 19.9 Å². The van der Waals surface area contributed by atoms with E-state index in [1.807, 2.05) is 44.2 Å². The molecule has 2 aromatic heterocycles. The fourth-order valence-corrected chi connectivity index (χ4v) is 2.38. The van der Waals surface area contributed by atoms with Crippen molar-refractivity contribution in [2.75, 3.05) is 23.8 Å². The molecule has 140 valence electrons. The van der Waals surface area contributed by atoms with Crippen LogP contribution in [0.3, 0.4) is 0 Å². The zero-order valence-corrected chi connectivity index (χ0v) is 15.9. The summed E-state index contributed by atoms with van der Waals surface area (Å²) in [5.41, 5.74) is 1.30. The minimum absolute atomic E-state index is 0.0528. The van der Waals surface area contributed by atoms with Gasteiger partial charge in [0.1, 0.15) is 5.15 Å². The number of aliphatic hydroxyl groups is 1. The van der Waals surface area contributed by atoms with Gasteiger partial charge in [0.05, 0.1) is 0 Å². The first-order valence-electron chi connectivity index (χ1n) is 8.50. The van der Waals surface area contributed by atoms with Crippen molar-refractivity contribution in [3.05, 3.63) is 53.8 Å². The number of hydrogen-bond donors (Lipinski definition) is 3. The fraction of sp³-hybridized carbons (Fsp3) is 0.263. The SMILES string of the molecule is CC(C)(CO)CNc1nc(Nc2ccnc(Cl)c2)nc(-c2ccccc2)n1. The van der Waals surface area contributed by atoms with Crippen LogP contribution >= 0.6 is 11.6 Å². The Labute approximate surface area is 162 Å². The summed E-state index contributed by atoms with van der Waals surface area (Å²) in [5, 5.41) is 16.1. The second-order valence-electron chi connectivity index (χ2n) is 6.84. The van der Waals surface area contributed by atoms with Gasteiger partial charge in [-0.25, -0.2) is 4.98 Å². The van der Waals surface area contributed by atoms with Crippen molar-refractivity contribution in [1.29, 1.82) is 0 Å².